The molecule has 2 nitrogen and oxygen atoms in total. The van der Waals surface area contributed by atoms with E-state index in [9.17, 15) is 0 Å². The van der Waals surface area contributed by atoms with Gasteiger partial charge in [0.2, 0.25) is 0 Å². The van der Waals surface area contributed by atoms with E-state index in [1.807, 2.05) is 7.05 Å². The highest BCUT2D eigenvalue weighted by atomic mass is 15.2. The molecule has 2 aromatic rings. The van der Waals surface area contributed by atoms with Gasteiger partial charge in [-0.2, -0.15) is 0 Å². The van der Waals surface area contributed by atoms with E-state index in [1.165, 1.54) is 33.6 Å². The van der Waals surface area contributed by atoms with Crippen molar-refractivity contribution in [2.24, 2.45) is 5.41 Å². The molecule has 0 spiro atoms. The predicted molar refractivity (Wildman–Crippen MR) is 92.7 cm³/mol. The monoisotopic (exact) mass is 290 g/mol. The minimum atomic E-state index is 0.140. The molecule has 0 fully saturated rings. The van der Waals surface area contributed by atoms with Gasteiger partial charge in [-0.15, -0.1) is 0 Å². The lowest BCUT2D eigenvalue weighted by Crippen LogP contribution is -2.40. The molecular weight excluding hydrogens is 268 g/mol. The minimum absolute atomic E-state index is 0.140. The van der Waals surface area contributed by atoms with Crippen molar-refractivity contribution in [3.8, 4) is 11.1 Å². The van der Waals surface area contributed by atoms with Crippen molar-refractivity contribution in [3.05, 3.63) is 65.5 Å². The van der Waals surface area contributed by atoms with Crippen molar-refractivity contribution >= 4 is 5.69 Å². The fourth-order valence-corrected chi connectivity index (χ4v) is 3.99. The molecule has 2 heterocycles. The largest absolute Gasteiger partial charge is 0.393 e. The molecule has 0 bridgehead atoms. The topological polar surface area (TPSA) is 15.3 Å². The molecule has 2 heteroatoms. The number of fused-ring (bicyclic) bond motifs is 2. The highest BCUT2D eigenvalue weighted by Gasteiger charge is 2.38. The van der Waals surface area contributed by atoms with Gasteiger partial charge in [-0.05, 0) is 23.1 Å². The molecule has 0 saturated carbocycles. The van der Waals surface area contributed by atoms with E-state index in [0.29, 0.717) is 0 Å². The second-order valence-electron chi connectivity index (χ2n) is 6.94. The van der Waals surface area contributed by atoms with Crippen LogP contribution in [0.4, 0.5) is 5.69 Å². The molecule has 2 aliphatic heterocycles. The van der Waals surface area contributed by atoms with Crippen molar-refractivity contribution < 1.29 is 0 Å². The van der Waals surface area contributed by atoms with Gasteiger partial charge in [0, 0.05) is 36.5 Å². The van der Waals surface area contributed by atoms with E-state index in [-0.39, 0.29) is 5.41 Å². The number of nitrogens with zero attached hydrogens (tertiary/aromatic N) is 1. The highest BCUT2D eigenvalue weighted by molar-refractivity contribution is 5.88. The van der Waals surface area contributed by atoms with Crippen LogP contribution in [0.15, 0.2) is 54.4 Å². The number of nitrogens with one attached hydrogen (secondary N) is 1. The molecule has 0 radical (unpaired) electrons. The average molecular weight is 290 g/mol. The number of benzene rings is 2. The second kappa shape index (κ2) is 4.64. The van der Waals surface area contributed by atoms with Crippen molar-refractivity contribution in [1.29, 1.82) is 0 Å². The Kier molecular flexibility index (Phi) is 2.83. The Morgan fingerprint density at radius 3 is 2.55 bits per heavy atom. The number of hydrogen-bond donors (Lipinski definition) is 1. The maximum absolute atomic E-state index is 3.25. The molecule has 2 aromatic carbocycles. The Bertz CT molecular complexity index is 771. The maximum Gasteiger partial charge on any atom is 0.0524 e. The van der Waals surface area contributed by atoms with Crippen LogP contribution in [0.3, 0.4) is 0 Å². The third-order valence-corrected chi connectivity index (χ3v) is 4.92. The van der Waals surface area contributed by atoms with E-state index < -0.39 is 0 Å². The Hall–Kier alpha value is -2.22. The predicted octanol–water partition coefficient (Wildman–Crippen LogP) is 4.32. The summed E-state index contributed by atoms with van der Waals surface area (Å²) in [6.45, 7) is 5.63. The van der Waals surface area contributed by atoms with Gasteiger partial charge in [0.15, 0.2) is 0 Å². The van der Waals surface area contributed by atoms with Gasteiger partial charge >= 0.3 is 0 Å². The van der Waals surface area contributed by atoms with Crippen LogP contribution in [0.25, 0.3) is 11.1 Å². The molecule has 0 saturated heterocycles. The van der Waals surface area contributed by atoms with Crippen molar-refractivity contribution in [2.45, 2.75) is 26.8 Å². The molecule has 1 N–H and O–H groups in total. The summed E-state index contributed by atoms with van der Waals surface area (Å²) in [6.07, 6.45) is 3.26. The van der Waals surface area contributed by atoms with Gasteiger partial charge in [-0.1, -0.05) is 56.3 Å². The van der Waals surface area contributed by atoms with E-state index in [0.717, 1.165) is 13.0 Å². The molecule has 22 heavy (non-hydrogen) atoms. The average Bonchev–Trinajstić information content (AvgIpc) is 2.51. The van der Waals surface area contributed by atoms with Crippen LogP contribution < -0.4 is 10.2 Å². The summed E-state index contributed by atoms with van der Waals surface area (Å²) >= 11 is 0. The van der Waals surface area contributed by atoms with E-state index in [1.54, 1.807) is 0 Å². The second-order valence-corrected chi connectivity index (χ2v) is 6.94. The first-order valence-electron chi connectivity index (χ1n) is 7.97. The lowest BCUT2D eigenvalue weighted by molar-refractivity contribution is 0.409. The maximum atomic E-state index is 3.25. The van der Waals surface area contributed by atoms with Gasteiger partial charge in [0.1, 0.15) is 0 Å². The van der Waals surface area contributed by atoms with Crippen molar-refractivity contribution in [2.75, 3.05) is 11.9 Å². The van der Waals surface area contributed by atoms with Gasteiger partial charge in [-0.25, -0.2) is 0 Å². The van der Waals surface area contributed by atoms with Crippen LogP contribution in [-0.2, 0) is 13.0 Å². The summed E-state index contributed by atoms with van der Waals surface area (Å²) in [4.78, 5) is 2.51. The molecule has 0 aliphatic carbocycles. The van der Waals surface area contributed by atoms with Crippen LogP contribution in [-0.4, -0.2) is 7.05 Å². The van der Waals surface area contributed by atoms with Crippen LogP contribution in [0.2, 0.25) is 0 Å². The van der Waals surface area contributed by atoms with E-state index in [2.05, 4.69) is 72.7 Å². The van der Waals surface area contributed by atoms with Crippen LogP contribution in [0.1, 0.15) is 25.0 Å². The number of para-hydroxylation sites is 1. The fraction of sp³-hybridized carbons (Fsp3) is 0.300. The van der Waals surface area contributed by atoms with Gasteiger partial charge in [0.05, 0.1) is 5.69 Å². The molecular formula is C20H22N2. The fourth-order valence-electron chi connectivity index (χ4n) is 3.99. The minimum Gasteiger partial charge on any atom is -0.393 e. The summed E-state index contributed by atoms with van der Waals surface area (Å²) in [5.74, 6) is 0. The lowest BCUT2D eigenvalue weighted by Gasteiger charge is -2.46. The number of rotatable bonds is 1. The van der Waals surface area contributed by atoms with Crippen LogP contribution in [0, 0.1) is 5.41 Å². The zero-order valence-electron chi connectivity index (χ0n) is 13.5. The summed E-state index contributed by atoms with van der Waals surface area (Å²) in [5, 5.41) is 3.25. The summed E-state index contributed by atoms with van der Waals surface area (Å²) < 4.78 is 0. The molecule has 2 aliphatic rings. The summed E-state index contributed by atoms with van der Waals surface area (Å²) in [7, 11) is 1.99. The zero-order valence-corrected chi connectivity index (χ0v) is 13.5. The Balaban J connectivity index is 2.01. The van der Waals surface area contributed by atoms with Gasteiger partial charge in [-0.3, -0.25) is 0 Å². The Morgan fingerprint density at radius 1 is 1.00 bits per heavy atom. The Morgan fingerprint density at radius 2 is 1.73 bits per heavy atom. The number of allylic oxidation sites excluding steroid dienone is 1. The van der Waals surface area contributed by atoms with Gasteiger partial charge in [0.25, 0.3) is 0 Å². The molecule has 0 aromatic heterocycles. The van der Waals surface area contributed by atoms with Crippen LogP contribution in [0.5, 0.6) is 0 Å². The molecule has 4 rings (SSSR count). The third-order valence-electron chi connectivity index (χ3n) is 4.92. The van der Waals surface area contributed by atoms with Crippen molar-refractivity contribution in [3.63, 3.8) is 0 Å². The number of anilines is 1. The SMILES string of the molecule is CN/C=C1\N2Cc3ccccc3-c3cccc(c32)CC1(C)C. The first-order valence-corrected chi connectivity index (χ1v) is 7.97. The molecule has 0 atom stereocenters. The van der Waals surface area contributed by atoms with Crippen LogP contribution >= 0.6 is 0 Å². The first kappa shape index (κ1) is 13.4. The van der Waals surface area contributed by atoms with E-state index >= 15 is 0 Å². The standard InChI is InChI=1S/C20H22N2/c1-20(2)11-14-8-6-10-17-16-9-5-4-7-15(16)13-22(19(14)17)18(20)12-21-3/h4-10,12,21H,11,13H2,1-3H3/b18-12-. The lowest BCUT2D eigenvalue weighted by atomic mass is 9.75. The summed E-state index contributed by atoms with van der Waals surface area (Å²) in [5.41, 5.74) is 8.56. The number of hydrogen-bond acceptors (Lipinski definition) is 2. The zero-order chi connectivity index (χ0) is 15.3. The molecule has 0 amide bonds. The first-order chi connectivity index (χ1) is 10.6. The Labute approximate surface area is 132 Å². The smallest absolute Gasteiger partial charge is 0.0524 e. The van der Waals surface area contributed by atoms with E-state index in [4.69, 9.17) is 0 Å². The quantitative estimate of drug-likeness (QED) is 0.841. The highest BCUT2D eigenvalue weighted by Crippen LogP contribution is 2.51. The third kappa shape index (κ3) is 1.80. The molecule has 0 unspecified atom stereocenters. The van der Waals surface area contributed by atoms with Crippen molar-refractivity contribution in [1.82, 2.24) is 5.32 Å². The summed E-state index contributed by atoms with van der Waals surface area (Å²) in [6, 6.07) is 15.6. The van der Waals surface area contributed by atoms with Gasteiger partial charge < -0.3 is 10.2 Å². The molecule has 112 valence electrons. The normalized spacial score (nSPS) is 19.6.